The summed E-state index contributed by atoms with van der Waals surface area (Å²) in [7, 11) is 2.09. The van der Waals surface area contributed by atoms with Gasteiger partial charge in [0.25, 0.3) is 5.91 Å². The van der Waals surface area contributed by atoms with Gasteiger partial charge in [-0.05, 0) is 27.0 Å². The van der Waals surface area contributed by atoms with E-state index < -0.39 is 11.7 Å². The van der Waals surface area contributed by atoms with Crippen molar-refractivity contribution in [2.24, 2.45) is 0 Å². The second-order valence-electron chi connectivity index (χ2n) is 6.17. The van der Waals surface area contributed by atoms with E-state index in [2.05, 4.69) is 37.1 Å². The van der Waals surface area contributed by atoms with E-state index in [4.69, 9.17) is 0 Å². The maximum Gasteiger partial charge on any atom is 0.258 e. The maximum atomic E-state index is 13.7. The molecule has 1 aliphatic rings. The zero-order valence-corrected chi connectivity index (χ0v) is 14.6. The van der Waals surface area contributed by atoms with E-state index in [1.54, 1.807) is 0 Å². The van der Waals surface area contributed by atoms with Gasteiger partial charge in [0.2, 0.25) is 5.95 Å². The number of carbonyl (C=O) groups is 1. The number of piperazine rings is 1. The molecule has 2 aromatic heterocycles. The summed E-state index contributed by atoms with van der Waals surface area (Å²) in [6, 6.07) is 1.34. The van der Waals surface area contributed by atoms with E-state index >= 15 is 0 Å². The molecule has 0 unspecified atom stereocenters. The molecule has 2 aromatic rings. The van der Waals surface area contributed by atoms with Gasteiger partial charge >= 0.3 is 0 Å². The Labute approximate surface area is 145 Å². The monoisotopic (exact) mass is 344 g/mol. The summed E-state index contributed by atoms with van der Waals surface area (Å²) in [5, 5.41) is 2.71. The molecule has 0 aliphatic carbocycles. The van der Waals surface area contributed by atoms with E-state index in [1.807, 2.05) is 13.8 Å². The quantitative estimate of drug-likeness (QED) is 0.912. The lowest BCUT2D eigenvalue weighted by Gasteiger charge is -2.32. The summed E-state index contributed by atoms with van der Waals surface area (Å²) >= 11 is 0. The maximum absolute atomic E-state index is 13.7. The van der Waals surface area contributed by atoms with Crippen LogP contribution in [0.5, 0.6) is 0 Å². The Morgan fingerprint density at radius 3 is 2.40 bits per heavy atom. The zero-order valence-electron chi connectivity index (χ0n) is 14.6. The van der Waals surface area contributed by atoms with Gasteiger partial charge in [0, 0.05) is 32.4 Å². The fraction of sp³-hybridized carbons (Fsp3) is 0.412. The number of amides is 1. The van der Waals surface area contributed by atoms with Crippen LogP contribution in [0.15, 0.2) is 18.5 Å². The number of aromatic nitrogens is 3. The summed E-state index contributed by atoms with van der Waals surface area (Å²) in [6.07, 6.45) is 2.40. The molecule has 1 aliphatic heterocycles. The number of hydrogen-bond acceptors (Lipinski definition) is 6. The van der Waals surface area contributed by atoms with Gasteiger partial charge in [-0.2, -0.15) is 0 Å². The third kappa shape index (κ3) is 3.74. The zero-order chi connectivity index (χ0) is 18.0. The highest BCUT2D eigenvalue weighted by molar-refractivity contribution is 6.04. The highest BCUT2D eigenvalue weighted by atomic mass is 19.1. The van der Waals surface area contributed by atoms with Crippen molar-refractivity contribution in [3.63, 3.8) is 0 Å². The first-order valence-electron chi connectivity index (χ1n) is 8.15. The number of aryl methyl sites for hydroxylation is 2. The lowest BCUT2D eigenvalue weighted by Crippen LogP contribution is -2.45. The smallest absolute Gasteiger partial charge is 0.258 e. The Balaban J connectivity index is 1.81. The first-order valence-corrected chi connectivity index (χ1v) is 8.15. The Morgan fingerprint density at radius 1 is 1.16 bits per heavy atom. The molecular formula is C17H21FN6O. The van der Waals surface area contributed by atoms with Crippen LogP contribution >= 0.6 is 0 Å². The second kappa shape index (κ2) is 7.10. The van der Waals surface area contributed by atoms with Crippen LogP contribution in [0, 0.1) is 19.7 Å². The molecular weight excluding hydrogens is 323 g/mol. The van der Waals surface area contributed by atoms with Crippen molar-refractivity contribution in [1.29, 1.82) is 0 Å². The summed E-state index contributed by atoms with van der Waals surface area (Å²) in [5.74, 6) is -0.538. The SMILES string of the molecule is Cc1nc(N2CCN(C)CC2)nc(C)c1NC(=O)c1ccncc1F. The van der Waals surface area contributed by atoms with Crippen molar-refractivity contribution in [3.8, 4) is 0 Å². The normalized spacial score (nSPS) is 15.3. The van der Waals surface area contributed by atoms with Crippen molar-refractivity contribution in [3.05, 3.63) is 41.2 Å². The number of halogens is 1. The number of carbonyl (C=O) groups excluding carboxylic acids is 1. The minimum atomic E-state index is -0.662. The molecule has 0 aromatic carbocycles. The van der Waals surface area contributed by atoms with Gasteiger partial charge < -0.3 is 15.1 Å². The van der Waals surface area contributed by atoms with Crippen molar-refractivity contribution in [2.45, 2.75) is 13.8 Å². The van der Waals surface area contributed by atoms with Crippen LogP contribution in [0.2, 0.25) is 0 Å². The molecule has 3 rings (SSSR count). The van der Waals surface area contributed by atoms with E-state index in [-0.39, 0.29) is 5.56 Å². The molecule has 25 heavy (non-hydrogen) atoms. The summed E-state index contributed by atoms with van der Waals surface area (Å²) in [5.41, 5.74) is 1.77. The molecule has 132 valence electrons. The van der Waals surface area contributed by atoms with Crippen LogP contribution < -0.4 is 10.2 Å². The van der Waals surface area contributed by atoms with E-state index in [0.29, 0.717) is 23.0 Å². The molecule has 1 N–H and O–H groups in total. The van der Waals surface area contributed by atoms with Crippen molar-refractivity contribution in [2.75, 3.05) is 43.4 Å². The number of hydrogen-bond donors (Lipinski definition) is 1. The third-order valence-corrected chi connectivity index (χ3v) is 4.30. The first kappa shape index (κ1) is 17.2. The topological polar surface area (TPSA) is 74.2 Å². The van der Waals surface area contributed by atoms with Gasteiger partial charge in [0.05, 0.1) is 28.8 Å². The van der Waals surface area contributed by atoms with Crippen LogP contribution in [0.4, 0.5) is 16.0 Å². The second-order valence-corrected chi connectivity index (χ2v) is 6.17. The standard InChI is InChI=1S/C17H21FN6O/c1-11-15(22-16(25)13-4-5-19-10-14(13)18)12(2)21-17(20-11)24-8-6-23(3)7-9-24/h4-5,10H,6-9H2,1-3H3,(H,22,25). The largest absolute Gasteiger partial charge is 0.338 e. The lowest BCUT2D eigenvalue weighted by atomic mass is 10.2. The van der Waals surface area contributed by atoms with Crippen LogP contribution in [-0.4, -0.2) is 59.0 Å². The van der Waals surface area contributed by atoms with E-state index in [0.717, 1.165) is 32.4 Å². The first-order chi connectivity index (χ1) is 12.0. The van der Waals surface area contributed by atoms with Crippen LogP contribution in [0.1, 0.15) is 21.7 Å². The highest BCUT2D eigenvalue weighted by Gasteiger charge is 2.20. The lowest BCUT2D eigenvalue weighted by molar-refractivity contribution is 0.102. The summed E-state index contributed by atoms with van der Waals surface area (Å²) < 4.78 is 13.7. The summed E-state index contributed by atoms with van der Waals surface area (Å²) in [6.45, 7) is 7.27. The molecule has 1 fully saturated rings. The van der Waals surface area contributed by atoms with Gasteiger partial charge in [-0.25, -0.2) is 14.4 Å². The number of pyridine rings is 1. The molecule has 0 spiro atoms. The number of likely N-dealkylation sites (N-methyl/N-ethyl adjacent to an activating group) is 1. The molecule has 0 bridgehead atoms. The molecule has 8 heteroatoms. The molecule has 1 saturated heterocycles. The van der Waals surface area contributed by atoms with Gasteiger partial charge in [0.15, 0.2) is 5.82 Å². The van der Waals surface area contributed by atoms with Gasteiger partial charge in [-0.1, -0.05) is 0 Å². The molecule has 1 amide bonds. The molecule has 3 heterocycles. The van der Waals surface area contributed by atoms with Gasteiger partial charge in [0.1, 0.15) is 0 Å². The minimum Gasteiger partial charge on any atom is -0.338 e. The molecule has 0 radical (unpaired) electrons. The fourth-order valence-electron chi connectivity index (χ4n) is 2.77. The fourth-order valence-corrected chi connectivity index (χ4v) is 2.77. The van der Waals surface area contributed by atoms with E-state index in [1.165, 1.54) is 12.3 Å². The average Bonchev–Trinajstić information content (AvgIpc) is 2.59. The molecule has 7 nitrogen and oxygen atoms in total. The Bertz CT molecular complexity index is 765. The average molecular weight is 344 g/mol. The van der Waals surface area contributed by atoms with E-state index in [9.17, 15) is 9.18 Å². The Morgan fingerprint density at radius 2 is 1.80 bits per heavy atom. The predicted octanol–water partition coefficient (Wildman–Crippen LogP) is 1.63. The number of nitrogens with one attached hydrogen (secondary N) is 1. The van der Waals surface area contributed by atoms with Gasteiger partial charge in [-0.3, -0.25) is 9.78 Å². The summed E-state index contributed by atoms with van der Waals surface area (Å²) in [4.78, 5) is 29.4. The Kier molecular flexibility index (Phi) is 4.89. The van der Waals surface area contributed by atoms with Crippen LogP contribution in [0.25, 0.3) is 0 Å². The van der Waals surface area contributed by atoms with Crippen LogP contribution in [0.3, 0.4) is 0 Å². The highest BCUT2D eigenvalue weighted by Crippen LogP contribution is 2.22. The number of anilines is 2. The third-order valence-electron chi connectivity index (χ3n) is 4.30. The van der Waals surface area contributed by atoms with Crippen molar-refractivity contribution >= 4 is 17.5 Å². The van der Waals surface area contributed by atoms with Crippen LogP contribution in [-0.2, 0) is 0 Å². The predicted molar refractivity (Wildman–Crippen MR) is 93.4 cm³/mol. The van der Waals surface area contributed by atoms with Gasteiger partial charge in [-0.15, -0.1) is 0 Å². The minimum absolute atomic E-state index is 0.0584. The number of rotatable bonds is 3. The van der Waals surface area contributed by atoms with Crippen molar-refractivity contribution < 1.29 is 9.18 Å². The molecule has 0 saturated carbocycles. The number of nitrogens with zero attached hydrogens (tertiary/aromatic N) is 5. The van der Waals surface area contributed by atoms with Crippen molar-refractivity contribution in [1.82, 2.24) is 19.9 Å². The Hall–Kier alpha value is -2.61. The molecule has 0 atom stereocenters.